The van der Waals surface area contributed by atoms with E-state index >= 15 is 0 Å². The van der Waals surface area contributed by atoms with Crippen LogP contribution in [0.3, 0.4) is 0 Å². The quantitative estimate of drug-likeness (QED) is 0.230. The first-order chi connectivity index (χ1) is 19.8. The molecular formula is C39H25N. The van der Waals surface area contributed by atoms with Crippen LogP contribution in [0.25, 0.3) is 43.8 Å². The SMILES string of the molecule is c1ccc2c(c1)-c1ccccc1C21c2ccccc2-c2ccc(Nc3cccc4c3ccc3ccccc34)cc21. The van der Waals surface area contributed by atoms with Gasteiger partial charge in [0.2, 0.25) is 0 Å². The summed E-state index contributed by atoms with van der Waals surface area (Å²) >= 11 is 0. The molecule has 0 saturated heterocycles. The van der Waals surface area contributed by atoms with E-state index in [1.165, 1.54) is 66.1 Å². The van der Waals surface area contributed by atoms with Gasteiger partial charge in [-0.25, -0.2) is 0 Å². The van der Waals surface area contributed by atoms with Crippen LogP contribution in [0.2, 0.25) is 0 Å². The van der Waals surface area contributed by atoms with Crippen molar-refractivity contribution in [2.45, 2.75) is 5.41 Å². The Morgan fingerprint density at radius 3 is 1.65 bits per heavy atom. The highest BCUT2D eigenvalue weighted by molar-refractivity contribution is 6.11. The lowest BCUT2D eigenvalue weighted by atomic mass is 9.70. The average molecular weight is 508 g/mol. The van der Waals surface area contributed by atoms with Crippen molar-refractivity contribution in [3.63, 3.8) is 0 Å². The van der Waals surface area contributed by atoms with Gasteiger partial charge in [-0.1, -0.05) is 127 Å². The van der Waals surface area contributed by atoms with Crippen molar-refractivity contribution in [2.75, 3.05) is 5.32 Å². The van der Waals surface area contributed by atoms with Crippen molar-refractivity contribution in [1.82, 2.24) is 0 Å². The number of anilines is 2. The van der Waals surface area contributed by atoms with Gasteiger partial charge in [-0.05, 0) is 78.9 Å². The molecule has 1 heteroatoms. The van der Waals surface area contributed by atoms with E-state index in [4.69, 9.17) is 0 Å². The fraction of sp³-hybridized carbons (Fsp3) is 0.0256. The third kappa shape index (κ3) is 2.71. The smallest absolute Gasteiger partial charge is 0.0726 e. The lowest BCUT2D eigenvalue weighted by molar-refractivity contribution is 0.794. The van der Waals surface area contributed by atoms with Crippen molar-refractivity contribution >= 4 is 32.9 Å². The predicted octanol–water partition coefficient (Wildman–Crippen LogP) is 10.1. The van der Waals surface area contributed by atoms with E-state index in [-0.39, 0.29) is 5.41 Å². The Bertz CT molecular complexity index is 2090. The van der Waals surface area contributed by atoms with Crippen LogP contribution >= 0.6 is 0 Å². The molecule has 0 radical (unpaired) electrons. The second-order valence-electron chi connectivity index (χ2n) is 11.0. The fourth-order valence-corrected chi connectivity index (χ4v) is 7.48. The van der Waals surface area contributed by atoms with E-state index in [0.29, 0.717) is 0 Å². The van der Waals surface area contributed by atoms with Gasteiger partial charge in [-0.2, -0.15) is 0 Å². The second kappa shape index (κ2) is 7.94. The van der Waals surface area contributed by atoms with Crippen LogP contribution in [0.5, 0.6) is 0 Å². The number of benzene rings is 7. The van der Waals surface area contributed by atoms with Gasteiger partial charge in [0.05, 0.1) is 5.41 Å². The maximum atomic E-state index is 3.82. The third-order valence-electron chi connectivity index (χ3n) is 9.06. The summed E-state index contributed by atoms with van der Waals surface area (Å²) in [5.41, 5.74) is 12.7. The molecule has 1 spiro atoms. The molecule has 1 nitrogen and oxygen atoms in total. The molecule has 0 saturated carbocycles. The molecule has 2 aliphatic carbocycles. The molecule has 0 heterocycles. The molecule has 186 valence electrons. The first kappa shape index (κ1) is 21.8. The highest BCUT2D eigenvalue weighted by Crippen LogP contribution is 2.62. The Labute approximate surface area is 233 Å². The number of rotatable bonds is 2. The van der Waals surface area contributed by atoms with Gasteiger partial charge >= 0.3 is 0 Å². The Morgan fingerprint density at radius 1 is 0.375 bits per heavy atom. The van der Waals surface area contributed by atoms with E-state index in [2.05, 4.69) is 151 Å². The summed E-state index contributed by atoms with van der Waals surface area (Å²) in [6, 6.07) is 53.5. The third-order valence-corrected chi connectivity index (χ3v) is 9.06. The van der Waals surface area contributed by atoms with Gasteiger partial charge in [0, 0.05) is 16.8 Å². The van der Waals surface area contributed by atoms with Gasteiger partial charge in [-0.3, -0.25) is 0 Å². The predicted molar refractivity (Wildman–Crippen MR) is 167 cm³/mol. The fourth-order valence-electron chi connectivity index (χ4n) is 7.48. The van der Waals surface area contributed by atoms with Gasteiger partial charge in [0.15, 0.2) is 0 Å². The number of hydrogen-bond donors (Lipinski definition) is 1. The topological polar surface area (TPSA) is 12.0 Å². The van der Waals surface area contributed by atoms with Crippen LogP contribution < -0.4 is 5.32 Å². The minimum Gasteiger partial charge on any atom is -0.355 e. The van der Waals surface area contributed by atoms with Crippen LogP contribution in [0, 0.1) is 0 Å². The first-order valence-corrected chi connectivity index (χ1v) is 14.0. The molecule has 1 N–H and O–H groups in total. The summed E-state index contributed by atoms with van der Waals surface area (Å²) in [5.74, 6) is 0. The largest absolute Gasteiger partial charge is 0.355 e. The molecule has 0 atom stereocenters. The molecule has 0 unspecified atom stereocenters. The maximum Gasteiger partial charge on any atom is 0.0726 e. The lowest BCUT2D eigenvalue weighted by Gasteiger charge is -2.30. The van der Waals surface area contributed by atoms with Gasteiger partial charge in [0.1, 0.15) is 0 Å². The minimum absolute atomic E-state index is 0.328. The van der Waals surface area contributed by atoms with E-state index in [0.717, 1.165) is 11.4 Å². The highest BCUT2D eigenvalue weighted by Gasteiger charge is 2.51. The Balaban J connectivity index is 1.28. The van der Waals surface area contributed by atoms with Crippen LogP contribution in [-0.2, 0) is 5.41 Å². The summed E-state index contributed by atoms with van der Waals surface area (Å²) in [5, 5.41) is 8.88. The van der Waals surface area contributed by atoms with Crippen LogP contribution in [0.4, 0.5) is 11.4 Å². The number of nitrogens with one attached hydrogen (secondary N) is 1. The molecule has 0 bridgehead atoms. The van der Waals surface area contributed by atoms with Crippen LogP contribution in [0.15, 0.2) is 146 Å². The zero-order valence-corrected chi connectivity index (χ0v) is 21.9. The molecule has 0 amide bonds. The summed E-state index contributed by atoms with van der Waals surface area (Å²) in [4.78, 5) is 0. The maximum absolute atomic E-state index is 3.82. The molecule has 9 rings (SSSR count). The van der Waals surface area contributed by atoms with Crippen molar-refractivity contribution in [2.24, 2.45) is 0 Å². The van der Waals surface area contributed by atoms with Crippen molar-refractivity contribution in [1.29, 1.82) is 0 Å². The Hall–Kier alpha value is -5.14. The van der Waals surface area contributed by atoms with Crippen molar-refractivity contribution in [3.05, 3.63) is 168 Å². The number of hydrogen-bond acceptors (Lipinski definition) is 1. The van der Waals surface area contributed by atoms with E-state index in [1.807, 2.05) is 0 Å². The average Bonchev–Trinajstić information content (AvgIpc) is 3.48. The van der Waals surface area contributed by atoms with Gasteiger partial charge in [-0.15, -0.1) is 0 Å². The standard InChI is InChI=1S/C39H25N/c1-2-11-27-25(10-1)20-22-33-28(27)15-9-19-38(33)40-26-21-23-32-31-14-5-8-18-36(31)39(37(32)24-26)34-16-6-3-12-29(34)30-13-4-7-17-35(30)39/h1-24,40H. The van der Waals surface area contributed by atoms with E-state index < -0.39 is 0 Å². The molecule has 7 aromatic rings. The Morgan fingerprint density at radius 2 is 0.950 bits per heavy atom. The zero-order valence-electron chi connectivity index (χ0n) is 21.9. The minimum atomic E-state index is -0.328. The molecule has 7 aromatic carbocycles. The second-order valence-corrected chi connectivity index (χ2v) is 11.0. The zero-order chi connectivity index (χ0) is 26.3. The summed E-state index contributed by atoms with van der Waals surface area (Å²) in [6.07, 6.45) is 0. The normalized spacial score (nSPS) is 13.7. The molecule has 2 aliphatic rings. The Kier molecular flexibility index (Phi) is 4.32. The molecule has 0 fully saturated rings. The highest BCUT2D eigenvalue weighted by atomic mass is 14.9. The van der Waals surface area contributed by atoms with Gasteiger partial charge in [0.25, 0.3) is 0 Å². The van der Waals surface area contributed by atoms with Crippen molar-refractivity contribution < 1.29 is 0 Å². The van der Waals surface area contributed by atoms with Crippen LogP contribution in [0.1, 0.15) is 22.3 Å². The summed E-state index contributed by atoms with van der Waals surface area (Å²) < 4.78 is 0. The molecule has 0 aliphatic heterocycles. The monoisotopic (exact) mass is 507 g/mol. The molecule has 40 heavy (non-hydrogen) atoms. The van der Waals surface area contributed by atoms with Crippen LogP contribution in [-0.4, -0.2) is 0 Å². The van der Waals surface area contributed by atoms with E-state index in [9.17, 15) is 0 Å². The number of fused-ring (bicyclic) bond motifs is 13. The molecule has 0 aromatic heterocycles. The summed E-state index contributed by atoms with van der Waals surface area (Å²) in [6.45, 7) is 0. The lowest BCUT2D eigenvalue weighted by Crippen LogP contribution is -2.25. The summed E-state index contributed by atoms with van der Waals surface area (Å²) in [7, 11) is 0. The van der Waals surface area contributed by atoms with Crippen molar-refractivity contribution in [3.8, 4) is 22.3 Å². The van der Waals surface area contributed by atoms with Gasteiger partial charge < -0.3 is 5.32 Å². The first-order valence-electron chi connectivity index (χ1n) is 14.0. The van der Waals surface area contributed by atoms with E-state index in [1.54, 1.807) is 0 Å². The molecular weight excluding hydrogens is 482 g/mol.